The number of hydrogen-bond donors (Lipinski definition) is 0. The van der Waals surface area contributed by atoms with Crippen LogP contribution in [0, 0.1) is 11.8 Å². The lowest BCUT2D eigenvalue weighted by molar-refractivity contribution is -0.134. The van der Waals surface area contributed by atoms with Gasteiger partial charge in [0.25, 0.3) is 0 Å². The number of hydrogen-bond acceptors (Lipinski definition) is 4. The Bertz CT molecular complexity index is 772. The zero-order chi connectivity index (χ0) is 22.4. The summed E-state index contributed by atoms with van der Waals surface area (Å²) in [5.74, 6) is -1.10. The van der Waals surface area contributed by atoms with Crippen LogP contribution in [0.1, 0.15) is 71.1 Å². The maximum absolute atomic E-state index is 13.1. The molecule has 4 atom stereocenters. The molecule has 2 aliphatic rings. The number of alkyl halides is 2. The number of ether oxygens (including phenoxy) is 1. The third-order valence-electron chi connectivity index (χ3n) is 6.23. The fourth-order valence-corrected chi connectivity index (χ4v) is 5.70. The summed E-state index contributed by atoms with van der Waals surface area (Å²) in [4.78, 5) is 40.1. The van der Waals surface area contributed by atoms with Gasteiger partial charge in [-0.3, -0.25) is 14.4 Å². The molecule has 7 heteroatoms. The molecule has 31 heavy (non-hydrogen) atoms. The summed E-state index contributed by atoms with van der Waals surface area (Å²) in [6, 6.07) is 6.84. The number of anilines is 1. The monoisotopic (exact) mass is 555 g/mol. The van der Waals surface area contributed by atoms with Crippen LogP contribution in [-0.4, -0.2) is 27.4 Å². The number of imide groups is 1. The molecule has 1 saturated carbocycles. The highest BCUT2D eigenvalue weighted by molar-refractivity contribution is 9.12. The first-order valence-corrected chi connectivity index (χ1v) is 13.2. The molecule has 0 aromatic heterocycles. The Morgan fingerprint density at radius 1 is 0.935 bits per heavy atom. The maximum atomic E-state index is 13.1. The van der Waals surface area contributed by atoms with E-state index in [-0.39, 0.29) is 45.0 Å². The largest absolute Gasteiger partial charge is 0.424 e. The standard InChI is InChI=1S/C24H31Br2NO4/c1-2-3-4-5-6-7-8-13-22(28)31-21-12-10-9-11-20(21)27-23(29)16-14-18(25)19(26)15-17(16)24(27)30/h9-12,16-19H,2-8,13-15H2,1H3/t16-,17-,18-,19+/m0/s1. The molecule has 2 fully saturated rings. The molecule has 1 aromatic carbocycles. The number of carbonyl (C=O) groups excluding carboxylic acids is 3. The minimum atomic E-state index is -0.331. The summed E-state index contributed by atoms with van der Waals surface area (Å²) in [5, 5.41) is 0. The van der Waals surface area contributed by atoms with Gasteiger partial charge in [-0.1, -0.05) is 89.4 Å². The average Bonchev–Trinajstić information content (AvgIpc) is 2.98. The number of benzene rings is 1. The predicted octanol–water partition coefficient (Wildman–Crippen LogP) is 6.16. The summed E-state index contributed by atoms with van der Waals surface area (Å²) < 4.78 is 5.59. The number of nitrogens with zero attached hydrogens (tertiary/aromatic N) is 1. The fraction of sp³-hybridized carbons (Fsp3) is 0.625. The molecule has 1 aliphatic carbocycles. The van der Waals surface area contributed by atoms with Crippen molar-refractivity contribution in [1.82, 2.24) is 0 Å². The van der Waals surface area contributed by atoms with Crippen molar-refractivity contribution in [2.75, 3.05) is 4.90 Å². The zero-order valence-corrected chi connectivity index (χ0v) is 21.2. The third kappa shape index (κ3) is 5.98. The van der Waals surface area contributed by atoms with Gasteiger partial charge in [-0.15, -0.1) is 0 Å². The molecule has 1 aliphatic heterocycles. The first-order chi connectivity index (χ1) is 14.9. The molecule has 1 saturated heterocycles. The van der Waals surface area contributed by atoms with Crippen molar-refractivity contribution in [2.24, 2.45) is 11.8 Å². The van der Waals surface area contributed by atoms with E-state index in [2.05, 4.69) is 38.8 Å². The van der Waals surface area contributed by atoms with E-state index >= 15 is 0 Å². The summed E-state index contributed by atoms with van der Waals surface area (Å²) >= 11 is 7.22. The van der Waals surface area contributed by atoms with Gasteiger partial charge in [0, 0.05) is 16.1 Å². The van der Waals surface area contributed by atoms with E-state index in [1.807, 2.05) is 0 Å². The van der Waals surface area contributed by atoms with E-state index in [1.54, 1.807) is 24.3 Å². The number of amides is 2. The van der Waals surface area contributed by atoms with Gasteiger partial charge in [0.05, 0.1) is 17.5 Å². The molecule has 3 rings (SSSR count). The van der Waals surface area contributed by atoms with Crippen LogP contribution >= 0.6 is 31.9 Å². The van der Waals surface area contributed by atoms with Crippen LogP contribution in [0.2, 0.25) is 0 Å². The smallest absolute Gasteiger partial charge is 0.311 e. The van der Waals surface area contributed by atoms with Gasteiger partial charge in [0.2, 0.25) is 11.8 Å². The molecule has 0 radical (unpaired) electrons. The fourth-order valence-electron chi connectivity index (χ4n) is 4.46. The topological polar surface area (TPSA) is 63.7 Å². The summed E-state index contributed by atoms with van der Waals surface area (Å²) in [7, 11) is 0. The molecule has 0 N–H and O–H groups in total. The first kappa shape index (κ1) is 24.4. The highest BCUT2D eigenvalue weighted by Crippen LogP contribution is 2.45. The van der Waals surface area contributed by atoms with E-state index in [4.69, 9.17) is 4.74 Å². The SMILES string of the molecule is CCCCCCCCCC(=O)Oc1ccccc1N1C(=O)[C@H]2C[C@@H](Br)[C@@H](Br)C[C@@H]2C1=O. The summed E-state index contributed by atoms with van der Waals surface area (Å²) in [5.41, 5.74) is 0.372. The van der Waals surface area contributed by atoms with Gasteiger partial charge in [0.15, 0.2) is 5.75 Å². The van der Waals surface area contributed by atoms with E-state index in [0.717, 1.165) is 19.3 Å². The highest BCUT2D eigenvalue weighted by atomic mass is 79.9. The van der Waals surface area contributed by atoms with Gasteiger partial charge >= 0.3 is 5.97 Å². The lowest BCUT2D eigenvalue weighted by atomic mass is 9.81. The number of carbonyl (C=O) groups is 3. The van der Waals surface area contributed by atoms with Gasteiger partial charge in [-0.2, -0.15) is 0 Å². The second kappa shape index (κ2) is 11.6. The lowest BCUT2D eigenvalue weighted by Crippen LogP contribution is -2.34. The number of rotatable bonds is 10. The van der Waals surface area contributed by atoms with Gasteiger partial charge in [0.1, 0.15) is 0 Å². The predicted molar refractivity (Wildman–Crippen MR) is 129 cm³/mol. The Morgan fingerprint density at radius 3 is 2.10 bits per heavy atom. The van der Waals surface area contributed by atoms with E-state index < -0.39 is 0 Å². The summed E-state index contributed by atoms with van der Waals surface area (Å²) in [6.07, 6.45) is 9.44. The Labute approximate surface area is 201 Å². The quantitative estimate of drug-likeness (QED) is 0.114. The normalized spacial score (nSPS) is 25.6. The van der Waals surface area contributed by atoms with Crippen molar-refractivity contribution in [2.45, 2.75) is 80.8 Å². The van der Waals surface area contributed by atoms with Crippen molar-refractivity contribution in [1.29, 1.82) is 0 Å². The van der Waals surface area contributed by atoms with Crippen LogP contribution in [-0.2, 0) is 14.4 Å². The molecule has 0 bridgehead atoms. The number of para-hydroxylation sites is 2. The Balaban J connectivity index is 1.61. The van der Waals surface area contributed by atoms with Gasteiger partial charge < -0.3 is 4.74 Å². The molecule has 5 nitrogen and oxygen atoms in total. The van der Waals surface area contributed by atoms with Crippen LogP contribution < -0.4 is 9.64 Å². The third-order valence-corrected chi connectivity index (χ3v) is 8.96. The number of esters is 1. The minimum absolute atomic E-state index is 0.153. The van der Waals surface area contributed by atoms with Gasteiger partial charge in [-0.25, -0.2) is 4.90 Å². The number of halogens is 2. The second-order valence-corrected chi connectivity index (χ2v) is 10.9. The highest BCUT2D eigenvalue weighted by Gasteiger charge is 2.52. The molecular weight excluding hydrogens is 526 g/mol. The molecular formula is C24H31Br2NO4. The van der Waals surface area contributed by atoms with E-state index in [1.165, 1.54) is 30.6 Å². The average molecular weight is 557 g/mol. The van der Waals surface area contributed by atoms with Crippen molar-refractivity contribution in [3.63, 3.8) is 0 Å². The molecule has 170 valence electrons. The van der Waals surface area contributed by atoms with Crippen LogP contribution in [0.25, 0.3) is 0 Å². The minimum Gasteiger partial charge on any atom is -0.424 e. The second-order valence-electron chi connectivity index (χ2n) is 8.54. The van der Waals surface area contributed by atoms with Crippen LogP contribution in [0.15, 0.2) is 24.3 Å². The van der Waals surface area contributed by atoms with Crippen molar-refractivity contribution >= 4 is 55.3 Å². The van der Waals surface area contributed by atoms with Crippen LogP contribution in [0.3, 0.4) is 0 Å². The number of fused-ring (bicyclic) bond motifs is 1. The molecule has 0 spiro atoms. The molecule has 0 unspecified atom stereocenters. The Hall–Kier alpha value is -1.21. The molecule has 1 aromatic rings. The van der Waals surface area contributed by atoms with Crippen LogP contribution in [0.5, 0.6) is 5.75 Å². The lowest BCUT2D eigenvalue weighted by Gasteiger charge is -2.29. The molecule has 2 amide bonds. The first-order valence-electron chi connectivity index (χ1n) is 11.4. The zero-order valence-electron chi connectivity index (χ0n) is 18.0. The Kier molecular flexibility index (Phi) is 9.14. The van der Waals surface area contributed by atoms with Crippen molar-refractivity contribution in [3.05, 3.63) is 24.3 Å². The van der Waals surface area contributed by atoms with Crippen molar-refractivity contribution < 1.29 is 19.1 Å². The van der Waals surface area contributed by atoms with E-state index in [9.17, 15) is 14.4 Å². The number of unbranched alkanes of at least 4 members (excludes halogenated alkanes) is 6. The Morgan fingerprint density at radius 2 is 1.48 bits per heavy atom. The van der Waals surface area contributed by atoms with Crippen molar-refractivity contribution in [3.8, 4) is 5.75 Å². The van der Waals surface area contributed by atoms with Crippen LogP contribution in [0.4, 0.5) is 5.69 Å². The maximum Gasteiger partial charge on any atom is 0.311 e. The van der Waals surface area contributed by atoms with E-state index in [0.29, 0.717) is 24.9 Å². The summed E-state index contributed by atoms with van der Waals surface area (Å²) in [6.45, 7) is 2.20. The van der Waals surface area contributed by atoms with Gasteiger partial charge in [-0.05, 0) is 31.4 Å². The molecule has 1 heterocycles.